The second-order valence-electron chi connectivity index (χ2n) is 5.40. The Morgan fingerprint density at radius 1 is 1.17 bits per heavy atom. The van der Waals surface area contributed by atoms with Crippen LogP contribution in [0.5, 0.6) is 5.75 Å². The highest BCUT2D eigenvalue weighted by Gasteiger charge is 2.39. The van der Waals surface area contributed by atoms with E-state index in [1.165, 1.54) is 12.8 Å². The lowest BCUT2D eigenvalue weighted by molar-refractivity contribution is 0.0662. The molecule has 1 aromatic rings. The number of hydrogen-bond acceptors (Lipinski definition) is 3. The van der Waals surface area contributed by atoms with E-state index in [0.29, 0.717) is 23.8 Å². The van der Waals surface area contributed by atoms with Crippen LogP contribution in [0, 0.1) is 11.3 Å². The van der Waals surface area contributed by atoms with Crippen LogP contribution >= 0.6 is 0 Å². The summed E-state index contributed by atoms with van der Waals surface area (Å²) in [5, 5.41) is 8.76. The fourth-order valence-corrected chi connectivity index (χ4v) is 3.26. The molecule has 2 saturated heterocycles. The molecule has 2 unspecified atom stereocenters. The van der Waals surface area contributed by atoms with Gasteiger partial charge < -0.3 is 9.64 Å². The molecule has 0 saturated carbocycles. The van der Waals surface area contributed by atoms with Gasteiger partial charge in [0.15, 0.2) is 0 Å². The van der Waals surface area contributed by atoms with Gasteiger partial charge in [0, 0.05) is 12.1 Å². The van der Waals surface area contributed by atoms with E-state index >= 15 is 0 Å². The molecule has 1 aromatic carbocycles. The van der Waals surface area contributed by atoms with Crippen LogP contribution in [0.15, 0.2) is 24.3 Å². The van der Waals surface area contributed by atoms with Gasteiger partial charge in [-0.25, -0.2) is 0 Å². The smallest absolute Gasteiger partial charge is 0.119 e. The zero-order valence-electron chi connectivity index (χ0n) is 10.7. The fourth-order valence-electron chi connectivity index (χ4n) is 3.26. The van der Waals surface area contributed by atoms with E-state index in [-0.39, 0.29) is 0 Å². The predicted molar refractivity (Wildman–Crippen MR) is 69.4 cm³/mol. The minimum absolute atomic E-state index is 0.339. The number of nitrogens with zero attached hydrogens (tertiary/aromatic N) is 2. The zero-order valence-corrected chi connectivity index (χ0v) is 10.7. The van der Waals surface area contributed by atoms with Crippen LogP contribution in [0.3, 0.4) is 0 Å². The maximum atomic E-state index is 8.76. The van der Waals surface area contributed by atoms with E-state index in [1.807, 2.05) is 24.3 Å². The highest BCUT2D eigenvalue weighted by Crippen LogP contribution is 2.35. The Kier molecular flexibility index (Phi) is 2.97. The van der Waals surface area contributed by atoms with Crippen LogP contribution in [-0.2, 0) is 0 Å². The minimum Gasteiger partial charge on any atom is -0.490 e. The maximum absolute atomic E-state index is 8.76. The number of nitriles is 1. The summed E-state index contributed by atoms with van der Waals surface area (Å²) in [5.41, 5.74) is 0.686. The van der Waals surface area contributed by atoms with Crippen LogP contribution < -0.4 is 4.74 Å². The molecule has 18 heavy (non-hydrogen) atoms. The Labute approximate surface area is 108 Å². The number of ether oxygens (including phenoxy) is 1. The summed E-state index contributed by atoms with van der Waals surface area (Å²) < 4.78 is 6.05. The van der Waals surface area contributed by atoms with E-state index in [2.05, 4.69) is 18.0 Å². The van der Waals surface area contributed by atoms with E-state index in [4.69, 9.17) is 10.00 Å². The average molecular weight is 242 g/mol. The third-order valence-corrected chi connectivity index (χ3v) is 4.34. The van der Waals surface area contributed by atoms with Crippen molar-refractivity contribution in [3.8, 4) is 11.8 Å². The Balaban J connectivity index is 1.65. The molecule has 0 amide bonds. The highest BCUT2D eigenvalue weighted by atomic mass is 16.5. The van der Waals surface area contributed by atoms with Crippen molar-refractivity contribution in [3.63, 3.8) is 0 Å². The van der Waals surface area contributed by atoms with E-state index in [0.717, 1.165) is 18.6 Å². The first kappa shape index (κ1) is 11.6. The molecule has 2 fully saturated rings. The average Bonchev–Trinajstić information content (AvgIpc) is 2.63. The normalized spacial score (nSPS) is 31.0. The van der Waals surface area contributed by atoms with Gasteiger partial charge >= 0.3 is 0 Å². The molecule has 0 aliphatic carbocycles. The Morgan fingerprint density at radius 2 is 1.78 bits per heavy atom. The lowest BCUT2D eigenvalue weighted by Gasteiger charge is -2.36. The standard InChI is InChI=1S/C15H18N2O/c1-17-12-4-5-13(17)9-15(8-12)18-14-6-2-11(10-16)3-7-14/h2-3,6-7,12-13,15H,4-5,8-9H2,1H3. The third kappa shape index (κ3) is 2.09. The van der Waals surface area contributed by atoms with Crippen molar-refractivity contribution in [2.75, 3.05) is 7.05 Å². The van der Waals surface area contributed by atoms with E-state index in [1.54, 1.807) is 0 Å². The van der Waals surface area contributed by atoms with Crippen molar-refractivity contribution < 1.29 is 4.74 Å². The van der Waals surface area contributed by atoms with Gasteiger partial charge in [-0.3, -0.25) is 0 Å². The molecule has 2 heterocycles. The van der Waals surface area contributed by atoms with Crippen molar-refractivity contribution in [3.05, 3.63) is 29.8 Å². The first-order chi connectivity index (χ1) is 8.76. The molecule has 2 aliphatic rings. The summed E-state index contributed by atoms with van der Waals surface area (Å²) in [6.07, 6.45) is 5.23. The lowest BCUT2D eigenvalue weighted by Crippen LogP contribution is -2.43. The van der Waals surface area contributed by atoms with Crippen molar-refractivity contribution in [1.29, 1.82) is 5.26 Å². The summed E-state index contributed by atoms with van der Waals surface area (Å²) in [7, 11) is 2.24. The van der Waals surface area contributed by atoms with E-state index in [9.17, 15) is 0 Å². The van der Waals surface area contributed by atoms with Crippen LogP contribution in [0.25, 0.3) is 0 Å². The summed E-state index contributed by atoms with van der Waals surface area (Å²) >= 11 is 0. The van der Waals surface area contributed by atoms with Crippen molar-refractivity contribution in [2.45, 2.75) is 43.9 Å². The molecule has 0 N–H and O–H groups in total. The summed E-state index contributed by atoms with van der Waals surface area (Å²) in [5.74, 6) is 0.892. The minimum atomic E-state index is 0.339. The van der Waals surface area contributed by atoms with Crippen LogP contribution in [0.2, 0.25) is 0 Å². The van der Waals surface area contributed by atoms with Crippen LogP contribution in [-0.4, -0.2) is 30.1 Å². The molecule has 2 aliphatic heterocycles. The van der Waals surface area contributed by atoms with Crippen LogP contribution in [0.4, 0.5) is 0 Å². The molecule has 0 aromatic heterocycles. The second kappa shape index (κ2) is 4.62. The molecule has 0 radical (unpaired) electrons. The summed E-state index contributed by atoms with van der Waals surface area (Å²) in [6, 6.07) is 11.0. The van der Waals surface area contributed by atoms with Crippen LogP contribution in [0.1, 0.15) is 31.2 Å². The van der Waals surface area contributed by atoms with Gasteiger partial charge in [-0.1, -0.05) is 0 Å². The fraction of sp³-hybridized carbons (Fsp3) is 0.533. The maximum Gasteiger partial charge on any atom is 0.119 e. The molecule has 0 spiro atoms. The van der Waals surface area contributed by atoms with Gasteiger partial charge in [-0.15, -0.1) is 0 Å². The van der Waals surface area contributed by atoms with Gasteiger partial charge in [-0.05, 0) is 57.0 Å². The van der Waals surface area contributed by atoms with Gasteiger partial charge in [0.2, 0.25) is 0 Å². The van der Waals surface area contributed by atoms with E-state index < -0.39 is 0 Å². The van der Waals surface area contributed by atoms with Gasteiger partial charge in [0.05, 0.1) is 11.6 Å². The quantitative estimate of drug-likeness (QED) is 0.799. The largest absolute Gasteiger partial charge is 0.490 e. The molecule has 2 bridgehead atoms. The molecule has 94 valence electrons. The molecule has 3 heteroatoms. The van der Waals surface area contributed by atoms with Gasteiger partial charge in [0.1, 0.15) is 11.9 Å². The number of hydrogen-bond donors (Lipinski definition) is 0. The Bertz CT molecular complexity index is 448. The zero-order chi connectivity index (χ0) is 12.5. The number of benzene rings is 1. The monoisotopic (exact) mass is 242 g/mol. The summed E-state index contributed by atoms with van der Waals surface area (Å²) in [6.45, 7) is 0. The first-order valence-corrected chi connectivity index (χ1v) is 6.65. The van der Waals surface area contributed by atoms with Crippen molar-refractivity contribution in [1.82, 2.24) is 4.90 Å². The number of fused-ring (bicyclic) bond motifs is 2. The third-order valence-electron chi connectivity index (χ3n) is 4.34. The number of piperidine rings is 1. The number of rotatable bonds is 2. The lowest BCUT2D eigenvalue weighted by atomic mass is 10.0. The molecular weight excluding hydrogens is 224 g/mol. The molecule has 3 nitrogen and oxygen atoms in total. The topological polar surface area (TPSA) is 36.3 Å². The first-order valence-electron chi connectivity index (χ1n) is 6.65. The Hall–Kier alpha value is -1.53. The summed E-state index contributed by atoms with van der Waals surface area (Å²) in [4.78, 5) is 2.51. The van der Waals surface area contributed by atoms with Crippen molar-refractivity contribution in [2.24, 2.45) is 0 Å². The SMILES string of the molecule is CN1C2CCC1CC(Oc1ccc(C#N)cc1)C2. The second-order valence-corrected chi connectivity index (χ2v) is 5.40. The van der Waals surface area contributed by atoms with Gasteiger partial charge in [-0.2, -0.15) is 5.26 Å². The molecular formula is C15H18N2O. The molecule has 3 rings (SSSR count). The molecule has 2 atom stereocenters. The van der Waals surface area contributed by atoms with Crippen molar-refractivity contribution >= 4 is 0 Å². The highest BCUT2D eigenvalue weighted by molar-refractivity contribution is 5.34. The Morgan fingerprint density at radius 3 is 2.33 bits per heavy atom. The predicted octanol–water partition coefficient (Wildman–Crippen LogP) is 2.56. The van der Waals surface area contributed by atoms with Gasteiger partial charge in [0.25, 0.3) is 0 Å².